The average Bonchev–Trinajstić information content (AvgIpc) is 2.54. The van der Waals surface area contributed by atoms with E-state index in [2.05, 4.69) is 26.2 Å². The van der Waals surface area contributed by atoms with Gasteiger partial charge in [-0.3, -0.25) is 9.79 Å². The van der Waals surface area contributed by atoms with Crippen LogP contribution >= 0.6 is 15.9 Å². The minimum absolute atomic E-state index is 0.0212. The molecule has 0 saturated carbocycles. The molecule has 5 heteroatoms. The second-order valence-corrected chi connectivity index (χ2v) is 5.93. The molecule has 1 aliphatic heterocycles. The fourth-order valence-electron chi connectivity index (χ4n) is 2.44. The van der Waals surface area contributed by atoms with E-state index in [1.54, 1.807) is 13.3 Å². The van der Waals surface area contributed by atoms with Crippen LogP contribution in [-0.2, 0) is 11.3 Å². The number of methoxy groups -OCH3 is 1. The molecule has 0 saturated heterocycles. The van der Waals surface area contributed by atoms with E-state index in [9.17, 15) is 4.79 Å². The van der Waals surface area contributed by atoms with Crippen LogP contribution in [0, 0.1) is 0 Å². The molecular formula is C17H15BrN2O2. The van der Waals surface area contributed by atoms with Crippen LogP contribution in [0.2, 0.25) is 0 Å². The molecule has 0 bridgehead atoms. The molecule has 1 unspecified atom stereocenters. The van der Waals surface area contributed by atoms with Gasteiger partial charge in [-0.15, -0.1) is 0 Å². The third-order valence-electron chi connectivity index (χ3n) is 3.62. The van der Waals surface area contributed by atoms with Crippen molar-refractivity contribution in [2.75, 3.05) is 7.11 Å². The normalized spacial score (nSPS) is 17.2. The largest absolute Gasteiger partial charge is 0.497 e. The highest BCUT2D eigenvalue weighted by atomic mass is 79.9. The molecule has 2 aromatic carbocycles. The number of aliphatic imine (C=N–C) groups is 1. The average molecular weight is 359 g/mol. The molecule has 1 amide bonds. The highest BCUT2D eigenvalue weighted by molar-refractivity contribution is 9.10. The topological polar surface area (TPSA) is 50.7 Å². The number of carbonyl (C=O) groups excluding carboxylic acids is 1. The maximum Gasteiger partial charge on any atom is 0.233 e. The van der Waals surface area contributed by atoms with Crippen molar-refractivity contribution in [1.29, 1.82) is 0 Å². The van der Waals surface area contributed by atoms with Crippen LogP contribution in [0.15, 0.2) is 51.9 Å². The lowest BCUT2D eigenvalue weighted by Crippen LogP contribution is -2.35. The number of rotatable bonds is 3. The van der Waals surface area contributed by atoms with Crippen LogP contribution < -0.4 is 10.1 Å². The van der Waals surface area contributed by atoms with Gasteiger partial charge in [0.1, 0.15) is 5.75 Å². The summed E-state index contributed by atoms with van der Waals surface area (Å²) >= 11 is 3.46. The number of fused-ring (bicyclic) bond motifs is 1. The Kier molecular flexibility index (Phi) is 4.24. The number of benzene rings is 2. The predicted octanol–water partition coefficient (Wildman–Crippen LogP) is 3.57. The van der Waals surface area contributed by atoms with E-state index < -0.39 is 0 Å². The number of carbonyl (C=O) groups is 1. The summed E-state index contributed by atoms with van der Waals surface area (Å²) in [5.74, 6) is 0.399. The Balaban J connectivity index is 1.87. The van der Waals surface area contributed by atoms with Gasteiger partial charge < -0.3 is 10.1 Å². The zero-order valence-electron chi connectivity index (χ0n) is 12.0. The summed E-state index contributed by atoms with van der Waals surface area (Å²) in [6.07, 6.45) is 1.70. The van der Waals surface area contributed by atoms with E-state index in [4.69, 9.17) is 4.74 Å². The van der Waals surface area contributed by atoms with E-state index in [1.165, 1.54) is 0 Å². The monoisotopic (exact) mass is 358 g/mol. The summed E-state index contributed by atoms with van der Waals surface area (Å²) in [5.41, 5.74) is 2.90. The molecule has 3 rings (SSSR count). The van der Waals surface area contributed by atoms with Crippen molar-refractivity contribution >= 4 is 33.7 Å². The maximum absolute atomic E-state index is 12.1. The Hall–Kier alpha value is -2.14. The molecule has 2 aromatic rings. The molecular weight excluding hydrogens is 344 g/mol. The molecule has 112 valence electrons. The van der Waals surface area contributed by atoms with Gasteiger partial charge in [-0.25, -0.2) is 0 Å². The van der Waals surface area contributed by atoms with E-state index in [-0.39, 0.29) is 11.8 Å². The Morgan fingerprint density at radius 2 is 2.05 bits per heavy atom. The molecule has 0 spiro atoms. The molecule has 4 nitrogen and oxygen atoms in total. The Bertz CT molecular complexity index is 726. The fraction of sp³-hybridized carbons (Fsp3) is 0.176. The number of amides is 1. The van der Waals surface area contributed by atoms with E-state index in [0.717, 1.165) is 27.0 Å². The van der Waals surface area contributed by atoms with Crippen LogP contribution in [0.4, 0.5) is 5.69 Å². The smallest absolute Gasteiger partial charge is 0.233 e. The number of hydrogen-bond acceptors (Lipinski definition) is 3. The van der Waals surface area contributed by atoms with Crippen molar-refractivity contribution in [3.05, 3.63) is 58.1 Å². The standard InChI is InChI=1S/C17H15BrN2O2/c1-22-14-5-3-13(4-6-14)19-10-16-15-7-2-12(18)8-11(15)9-20-17(16)21/h2-8,10,16H,9H2,1H3,(H,20,21). The van der Waals surface area contributed by atoms with Crippen molar-refractivity contribution in [2.24, 2.45) is 4.99 Å². The minimum atomic E-state index is -0.362. The SMILES string of the molecule is COc1ccc(N=CC2C(=O)NCc3cc(Br)ccc32)cc1. The third-order valence-corrected chi connectivity index (χ3v) is 4.11. The molecule has 0 aliphatic carbocycles. The van der Waals surface area contributed by atoms with Gasteiger partial charge in [0.2, 0.25) is 5.91 Å². The first-order chi connectivity index (χ1) is 10.7. The number of ether oxygens (including phenoxy) is 1. The molecule has 1 atom stereocenters. The first-order valence-corrected chi connectivity index (χ1v) is 7.71. The number of hydrogen-bond donors (Lipinski definition) is 1. The minimum Gasteiger partial charge on any atom is -0.497 e. The number of nitrogens with zero attached hydrogens (tertiary/aromatic N) is 1. The van der Waals surface area contributed by atoms with Gasteiger partial charge >= 0.3 is 0 Å². The Morgan fingerprint density at radius 3 is 2.77 bits per heavy atom. The van der Waals surface area contributed by atoms with Gasteiger partial charge in [0.25, 0.3) is 0 Å². The van der Waals surface area contributed by atoms with Crippen molar-refractivity contribution in [1.82, 2.24) is 5.32 Å². The van der Waals surface area contributed by atoms with Gasteiger partial charge in [0.15, 0.2) is 0 Å². The van der Waals surface area contributed by atoms with Gasteiger partial charge in [0.05, 0.1) is 18.7 Å². The summed E-state index contributed by atoms with van der Waals surface area (Å²) in [6.45, 7) is 0.556. The van der Waals surface area contributed by atoms with Crippen molar-refractivity contribution in [3.8, 4) is 5.75 Å². The summed E-state index contributed by atoms with van der Waals surface area (Å²) in [5, 5.41) is 2.90. The molecule has 1 N–H and O–H groups in total. The zero-order chi connectivity index (χ0) is 15.5. The second kappa shape index (κ2) is 6.32. The molecule has 22 heavy (non-hydrogen) atoms. The highest BCUT2D eigenvalue weighted by Crippen LogP contribution is 2.27. The Labute approximate surface area is 137 Å². The van der Waals surface area contributed by atoms with E-state index in [1.807, 2.05) is 42.5 Å². The summed E-state index contributed by atoms with van der Waals surface area (Å²) in [4.78, 5) is 16.6. The lowest BCUT2D eigenvalue weighted by Gasteiger charge is -2.23. The zero-order valence-corrected chi connectivity index (χ0v) is 13.6. The van der Waals surface area contributed by atoms with Gasteiger partial charge in [-0.05, 0) is 47.5 Å². The van der Waals surface area contributed by atoms with Gasteiger partial charge in [0, 0.05) is 17.2 Å². The summed E-state index contributed by atoms with van der Waals surface area (Å²) in [7, 11) is 1.62. The van der Waals surface area contributed by atoms with Crippen LogP contribution in [0.25, 0.3) is 0 Å². The molecule has 0 radical (unpaired) electrons. The van der Waals surface area contributed by atoms with Crippen molar-refractivity contribution in [2.45, 2.75) is 12.5 Å². The number of halogens is 1. The predicted molar refractivity (Wildman–Crippen MR) is 89.9 cm³/mol. The summed E-state index contributed by atoms with van der Waals surface area (Å²) in [6, 6.07) is 13.4. The van der Waals surface area contributed by atoms with Gasteiger partial charge in [-0.2, -0.15) is 0 Å². The van der Waals surface area contributed by atoms with Crippen molar-refractivity contribution < 1.29 is 9.53 Å². The molecule has 1 aliphatic rings. The van der Waals surface area contributed by atoms with E-state index >= 15 is 0 Å². The van der Waals surface area contributed by atoms with Gasteiger partial charge in [-0.1, -0.05) is 22.0 Å². The van der Waals surface area contributed by atoms with E-state index in [0.29, 0.717) is 6.54 Å². The van der Waals surface area contributed by atoms with Crippen LogP contribution in [-0.4, -0.2) is 19.2 Å². The quantitative estimate of drug-likeness (QED) is 0.852. The molecule has 1 heterocycles. The second-order valence-electron chi connectivity index (χ2n) is 5.01. The molecule has 0 aromatic heterocycles. The van der Waals surface area contributed by atoms with Crippen LogP contribution in [0.3, 0.4) is 0 Å². The Morgan fingerprint density at radius 1 is 1.27 bits per heavy atom. The lowest BCUT2D eigenvalue weighted by atomic mass is 9.91. The lowest BCUT2D eigenvalue weighted by molar-refractivity contribution is -0.121. The van der Waals surface area contributed by atoms with Crippen LogP contribution in [0.1, 0.15) is 17.0 Å². The van der Waals surface area contributed by atoms with Crippen molar-refractivity contribution in [3.63, 3.8) is 0 Å². The summed E-state index contributed by atoms with van der Waals surface area (Å²) < 4.78 is 6.13. The molecule has 0 fully saturated rings. The van der Waals surface area contributed by atoms with Crippen LogP contribution in [0.5, 0.6) is 5.75 Å². The highest BCUT2D eigenvalue weighted by Gasteiger charge is 2.25. The fourth-order valence-corrected chi connectivity index (χ4v) is 2.85. The first kappa shape index (κ1) is 14.8. The number of nitrogens with one attached hydrogen (secondary N) is 1. The first-order valence-electron chi connectivity index (χ1n) is 6.91. The third kappa shape index (κ3) is 3.04. The maximum atomic E-state index is 12.1.